The van der Waals surface area contributed by atoms with Crippen molar-refractivity contribution in [2.45, 2.75) is 45.3 Å². The molecule has 1 aliphatic carbocycles. The van der Waals surface area contributed by atoms with Crippen molar-refractivity contribution in [3.63, 3.8) is 0 Å². The second-order valence-electron chi connectivity index (χ2n) is 4.92. The molecule has 1 aliphatic rings. The summed E-state index contributed by atoms with van der Waals surface area (Å²) in [5.41, 5.74) is -0.253. The van der Waals surface area contributed by atoms with Crippen molar-refractivity contribution in [1.29, 1.82) is 0 Å². The van der Waals surface area contributed by atoms with Crippen LogP contribution in [0.4, 0.5) is 4.79 Å². The molecule has 1 saturated carbocycles. The van der Waals surface area contributed by atoms with Crippen molar-refractivity contribution >= 4 is 6.09 Å². The highest BCUT2D eigenvalue weighted by atomic mass is 16.6. The quantitative estimate of drug-likeness (QED) is 0.707. The Labute approximate surface area is 84.6 Å². The first-order chi connectivity index (χ1) is 6.40. The third kappa shape index (κ3) is 3.54. The lowest BCUT2D eigenvalue weighted by Crippen LogP contribution is -2.44. The van der Waals surface area contributed by atoms with E-state index in [1.54, 1.807) is 0 Å². The summed E-state index contributed by atoms with van der Waals surface area (Å²) >= 11 is 0. The van der Waals surface area contributed by atoms with E-state index < -0.39 is 0 Å². The number of aliphatic hydroxyl groups is 1. The zero-order chi connectivity index (χ0) is 10.8. The Balaban J connectivity index is 2.17. The lowest BCUT2D eigenvalue weighted by atomic mass is 9.83. The third-order valence-electron chi connectivity index (χ3n) is 2.20. The van der Waals surface area contributed by atoms with E-state index in [1.165, 1.54) is 0 Å². The van der Waals surface area contributed by atoms with Crippen molar-refractivity contribution in [3.8, 4) is 0 Å². The number of amides is 1. The Bertz CT molecular complexity index is 204. The number of alkyl carbamates (subject to hydrolysis) is 1. The van der Waals surface area contributed by atoms with E-state index in [2.05, 4.69) is 5.32 Å². The molecule has 4 heteroatoms. The zero-order valence-electron chi connectivity index (χ0n) is 9.04. The summed E-state index contributed by atoms with van der Waals surface area (Å²) in [6, 6.07) is 0. The molecule has 14 heavy (non-hydrogen) atoms. The number of hydrogen-bond donors (Lipinski definition) is 2. The highest BCUT2D eigenvalue weighted by molar-refractivity contribution is 5.68. The fraction of sp³-hybridized carbons (Fsp3) is 0.900. The molecule has 0 saturated heterocycles. The molecule has 0 atom stereocenters. The van der Waals surface area contributed by atoms with Gasteiger partial charge in [-0.3, -0.25) is 0 Å². The first kappa shape index (κ1) is 11.3. The van der Waals surface area contributed by atoms with Crippen molar-refractivity contribution in [1.82, 2.24) is 5.32 Å². The van der Waals surface area contributed by atoms with Crippen molar-refractivity contribution in [2.24, 2.45) is 5.92 Å². The van der Waals surface area contributed by atoms with Gasteiger partial charge in [0.05, 0.1) is 0 Å². The molecule has 1 amide bonds. The van der Waals surface area contributed by atoms with E-state index in [9.17, 15) is 4.79 Å². The number of carbonyl (C=O) groups excluding carboxylic acids is 1. The van der Waals surface area contributed by atoms with Gasteiger partial charge < -0.3 is 15.2 Å². The Hall–Kier alpha value is -0.770. The second-order valence-corrected chi connectivity index (χ2v) is 4.92. The number of carbonyl (C=O) groups is 1. The molecule has 82 valence electrons. The number of aliphatic hydroxyl groups excluding tert-OH is 1. The molecule has 0 aromatic heterocycles. The maximum Gasteiger partial charge on any atom is 0.407 e. The Kier molecular flexibility index (Phi) is 3.37. The van der Waals surface area contributed by atoms with Crippen LogP contribution < -0.4 is 5.32 Å². The summed E-state index contributed by atoms with van der Waals surface area (Å²) in [6.45, 7) is 5.92. The summed E-state index contributed by atoms with van der Waals surface area (Å²) in [4.78, 5) is 11.3. The van der Waals surface area contributed by atoms with Gasteiger partial charge in [-0.1, -0.05) is 0 Å². The zero-order valence-corrected chi connectivity index (χ0v) is 9.04. The van der Waals surface area contributed by atoms with Gasteiger partial charge in [0.1, 0.15) is 6.10 Å². The normalized spacial score (nSPS) is 26.6. The van der Waals surface area contributed by atoms with E-state index in [4.69, 9.17) is 9.84 Å². The highest BCUT2D eigenvalue weighted by Crippen LogP contribution is 2.29. The largest absolute Gasteiger partial charge is 0.446 e. The lowest BCUT2D eigenvalue weighted by Gasteiger charge is -2.34. The number of nitrogens with one attached hydrogen (secondary N) is 1. The van der Waals surface area contributed by atoms with Gasteiger partial charge in [-0.2, -0.15) is 0 Å². The minimum Gasteiger partial charge on any atom is -0.446 e. The molecule has 0 heterocycles. The van der Waals surface area contributed by atoms with Gasteiger partial charge in [0.25, 0.3) is 0 Å². The maximum atomic E-state index is 11.3. The van der Waals surface area contributed by atoms with Crippen LogP contribution in [0.3, 0.4) is 0 Å². The minimum absolute atomic E-state index is 0.00509. The predicted octanol–water partition coefficient (Wildman–Crippen LogP) is 1.28. The molecule has 1 rings (SSSR count). The molecule has 0 aliphatic heterocycles. The summed E-state index contributed by atoms with van der Waals surface area (Å²) in [5, 5.41) is 11.5. The minimum atomic E-state index is -0.362. The molecule has 0 aromatic carbocycles. The summed E-state index contributed by atoms with van der Waals surface area (Å²) in [6.07, 6.45) is 1.20. The highest BCUT2D eigenvalue weighted by Gasteiger charge is 2.32. The first-order valence-corrected chi connectivity index (χ1v) is 5.00. The Morgan fingerprint density at radius 1 is 1.50 bits per heavy atom. The van der Waals surface area contributed by atoms with Gasteiger partial charge in [0, 0.05) is 12.1 Å². The van der Waals surface area contributed by atoms with Crippen LogP contribution in [0, 0.1) is 5.92 Å². The Morgan fingerprint density at radius 2 is 2.07 bits per heavy atom. The van der Waals surface area contributed by atoms with Crippen LogP contribution in [0.15, 0.2) is 0 Å². The van der Waals surface area contributed by atoms with Crippen LogP contribution in [-0.2, 0) is 4.74 Å². The van der Waals surface area contributed by atoms with Crippen molar-refractivity contribution in [3.05, 3.63) is 0 Å². The standard InChI is InChI=1S/C10H19NO3/c1-10(2,3)11-9(13)14-8-4-7(5-8)6-12/h7-8,12H,4-6H2,1-3H3,(H,11,13). The molecule has 2 N–H and O–H groups in total. The van der Waals surface area contributed by atoms with Gasteiger partial charge in [-0.25, -0.2) is 4.79 Å². The smallest absolute Gasteiger partial charge is 0.407 e. The fourth-order valence-corrected chi connectivity index (χ4v) is 1.41. The fourth-order valence-electron chi connectivity index (χ4n) is 1.41. The van der Waals surface area contributed by atoms with E-state index in [0.29, 0.717) is 5.92 Å². The molecular weight excluding hydrogens is 182 g/mol. The summed E-state index contributed by atoms with van der Waals surface area (Å²) in [5.74, 6) is 0.322. The molecule has 0 bridgehead atoms. The molecule has 0 unspecified atom stereocenters. The van der Waals surface area contributed by atoms with Crippen LogP contribution in [-0.4, -0.2) is 29.4 Å². The van der Waals surface area contributed by atoms with Crippen molar-refractivity contribution < 1.29 is 14.6 Å². The third-order valence-corrected chi connectivity index (χ3v) is 2.20. The van der Waals surface area contributed by atoms with Gasteiger partial charge in [0.15, 0.2) is 0 Å². The van der Waals surface area contributed by atoms with E-state index in [1.807, 2.05) is 20.8 Å². The maximum absolute atomic E-state index is 11.3. The van der Waals surface area contributed by atoms with E-state index in [0.717, 1.165) is 12.8 Å². The van der Waals surface area contributed by atoms with E-state index >= 15 is 0 Å². The van der Waals surface area contributed by atoms with Crippen LogP contribution >= 0.6 is 0 Å². The Morgan fingerprint density at radius 3 is 2.50 bits per heavy atom. The summed E-state index contributed by atoms with van der Waals surface area (Å²) < 4.78 is 5.13. The van der Waals surface area contributed by atoms with Crippen LogP contribution in [0.1, 0.15) is 33.6 Å². The van der Waals surface area contributed by atoms with E-state index in [-0.39, 0.29) is 24.3 Å². The molecule has 1 fully saturated rings. The van der Waals surface area contributed by atoms with Gasteiger partial charge in [-0.05, 0) is 39.5 Å². The predicted molar refractivity (Wildman–Crippen MR) is 53.0 cm³/mol. The topological polar surface area (TPSA) is 58.6 Å². The second kappa shape index (κ2) is 4.17. The van der Waals surface area contributed by atoms with Crippen LogP contribution in [0.2, 0.25) is 0 Å². The first-order valence-electron chi connectivity index (χ1n) is 5.00. The van der Waals surface area contributed by atoms with Gasteiger partial charge in [-0.15, -0.1) is 0 Å². The van der Waals surface area contributed by atoms with Gasteiger partial charge >= 0.3 is 6.09 Å². The number of rotatable bonds is 2. The van der Waals surface area contributed by atoms with Crippen molar-refractivity contribution in [2.75, 3.05) is 6.61 Å². The van der Waals surface area contributed by atoms with Crippen LogP contribution in [0.5, 0.6) is 0 Å². The average Bonchev–Trinajstić information content (AvgIpc) is 1.91. The average molecular weight is 201 g/mol. The monoisotopic (exact) mass is 201 g/mol. The SMILES string of the molecule is CC(C)(C)NC(=O)OC1CC(CO)C1. The number of ether oxygens (including phenoxy) is 1. The molecular formula is C10H19NO3. The molecule has 0 spiro atoms. The molecule has 0 aromatic rings. The number of hydrogen-bond acceptors (Lipinski definition) is 3. The molecule has 0 radical (unpaired) electrons. The molecule has 4 nitrogen and oxygen atoms in total. The van der Waals surface area contributed by atoms with Gasteiger partial charge in [0.2, 0.25) is 0 Å². The lowest BCUT2D eigenvalue weighted by molar-refractivity contribution is -0.00455. The summed E-state index contributed by atoms with van der Waals surface area (Å²) in [7, 11) is 0. The van der Waals surface area contributed by atoms with Crippen LogP contribution in [0.25, 0.3) is 0 Å².